The van der Waals surface area contributed by atoms with E-state index >= 15 is 0 Å². The van der Waals surface area contributed by atoms with Crippen LogP contribution in [0, 0.1) is 0 Å². The number of anilines is 1. The molecule has 1 aliphatic carbocycles. The van der Waals surface area contributed by atoms with Gasteiger partial charge in [0.1, 0.15) is 0 Å². The molecule has 3 nitrogen and oxygen atoms in total. The number of nitrogens with zero attached hydrogens (tertiary/aromatic N) is 2. The highest BCUT2D eigenvalue weighted by molar-refractivity contribution is 8.04. The van der Waals surface area contributed by atoms with Crippen LogP contribution in [-0.2, 0) is 0 Å². The van der Waals surface area contributed by atoms with Gasteiger partial charge < -0.3 is 10.2 Å². The zero-order valence-electron chi connectivity index (χ0n) is 11.3. The molecule has 19 heavy (non-hydrogen) atoms. The summed E-state index contributed by atoms with van der Waals surface area (Å²) in [5, 5.41) is 3.25. The van der Waals surface area contributed by atoms with E-state index in [1.807, 2.05) is 7.05 Å². The third kappa shape index (κ3) is 2.33. The molecule has 98 valence electrons. The molecule has 0 saturated carbocycles. The molecular formula is C15H17N3S. The molecule has 4 heteroatoms. The molecule has 0 fully saturated rings. The Balaban J connectivity index is 2.01. The van der Waals surface area contributed by atoms with Crippen LogP contribution in [0.5, 0.6) is 0 Å². The van der Waals surface area contributed by atoms with E-state index in [-0.39, 0.29) is 0 Å². The first-order chi connectivity index (χ1) is 9.17. The average molecular weight is 271 g/mol. The molecule has 0 radical (unpaired) electrons. The number of likely N-dealkylation sites (N-methyl/N-ethyl adjacent to an activating group) is 1. The molecule has 0 bridgehead atoms. The van der Waals surface area contributed by atoms with Gasteiger partial charge in [0.25, 0.3) is 0 Å². The number of rotatable bonds is 2. The maximum atomic E-state index is 4.73. The van der Waals surface area contributed by atoms with Crippen molar-refractivity contribution in [2.24, 2.45) is 4.99 Å². The first-order valence-corrected chi connectivity index (χ1v) is 7.14. The van der Waals surface area contributed by atoms with E-state index < -0.39 is 0 Å². The zero-order chi connectivity index (χ0) is 13.4. The normalized spacial score (nSPS) is 20.3. The standard InChI is InChI=1S/C15H17N3S/c1-16-10-4-6-12-14(8-10)19-15-9-11(18(2)3)5-7-13(15)17-12/h4-10,16H,1-3H3. The van der Waals surface area contributed by atoms with Crippen LogP contribution in [0.15, 0.2) is 51.2 Å². The highest BCUT2D eigenvalue weighted by Crippen LogP contribution is 2.43. The van der Waals surface area contributed by atoms with Crippen molar-refractivity contribution >= 4 is 28.8 Å². The van der Waals surface area contributed by atoms with E-state index in [0.717, 1.165) is 11.4 Å². The molecule has 1 aromatic carbocycles. The van der Waals surface area contributed by atoms with Crippen molar-refractivity contribution < 1.29 is 0 Å². The monoisotopic (exact) mass is 271 g/mol. The van der Waals surface area contributed by atoms with Crippen LogP contribution in [-0.4, -0.2) is 32.9 Å². The maximum Gasteiger partial charge on any atom is 0.0778 e. The van der Waals surface area contributed by atoms with Crippen molar-refractivity contribution in [3.8, 4) is 0 Å². The van der Waals surface area contributed by atoms with Crippen molar-refractivity contribution in [3.63, 3.8) is 0 Å². The topological polar surface area (TPSA) is 27.6 Å². The second-order valence-electron chi connectivity index (χ2n) is 4.85. The van der Waals surface area contributed by atoms with Gasteiger partial charge in [0, 0.05) is 35.6 Å². The van der Waals surface area contributed by atoms with Crippen LogP contribution in [0.2, 0.25) is 0 Å². The lowest BCUT2D eigenvalue weighted by atomic mass is 10.1. The van der Waals surface area contributed by atoms with Gasteiger partial charge >= 0.3 is 0 Å². The summed E-state index contributed by atoms with van der Waals surface area (Å²) in [6, 6.07) is 6.72. The minimum atomic E-state index is 0.306. The highest BCUT2D eigenvalue weighted by atomic mass is 32.2. The molecule has 0 spiro atoms. The number of benzene rings is 1. The van der Waals surface area contributed by atoms with Crippen LogP contribution < -0.4 is 10.2 Å². The minimum absolute atomic E-state index is 0.306. The van der Waals surface area contributed by atoms with Gasteiger partial charge in [0.15, 0.2) is 0 Å². The van der Waals surface area contributed by atoms with Crippen LogP contribution in [0.3, 0.4) is 0 Å². The lowest BCUT2D eigenvalue weighted by Gasteiger charge is -2.23. The second-order valence-corrected chi connectivity index (χ2v) is 5.93. The Bertz CT molecular complexity index is 599. The number of nitrogens with one attached hydrogen (secondary N) is 1. The Kier molecular flexibility index (Phi) is 3.21. The van der Waals surface area contributed by atoms with Gasteiger partial charge in [-0.1, -0.05) is 17.8 Å². The molecule has 1 unspecified atom stereocenters. The first-order valence-electron chi connectivity index (χ1n) is 6.33. The molecule has 1 aromatic rings. The van der Waals surface area contributed by atoms with Gasteiger partial charge in [-0.2, -0.15) is 0 Å². The summed E-state index contributed by atoms with van der Waals surface area (Å²) in [4.78, 5) is 9.32. The molecule has 0 aromatic heterocycles. The maximum absolute atomic E-state index is 4.73. The zero-order valence-corrected chi connectivity index (χ0v) is 12.2. The fourth-order valence-electron chi connectivity index (χ4n) is 2.14. The summed E-state index contributed by atoms with van der Waals surface area (Å²) in [5.74, 6) is 0. The van der Waals surface area contributed by atoms with Gasteiger partial charge in [0.2, 0.25) is 0 Å². The van der Waals surface area contributed by atoms with Gasteiger partial charge in [-0.15, -0.1) is 0 Å². The molecule has 1 aliphatic heterocycles. The Labute approximate surface area is 118 Å². The Morgan fingerprint density at radius 1 is 1.32 bits per heavy atom. The van der Waals surface area contributed by atoms with E-state index in [4.69, 9.17) is 4.99 Å². The number of allylic oxidation sites excluding steroid dienone is 2. The summed E-state index contributed by atoms with van der Waals surface area (Å²) in [7, 11) is 6.09. The summed E-state index contributed by atoms with van der Waals surface area (Å²) in [6.07, 6.45) is 6.48. The SMILES string of the molecule is CNC1C=CC2=Nc3ccc(N(C)C)cc3SC2=C1. The Hall–Kier alpha value is -1.52. The fourth-order valence-corrected chi connectivity index (χ4v) is 3.21. The molecule has 1 N–H and O–H groups in total. The van der Waals surface area contributed by atoms with E-state index in [0.29, 0.717) is 6.04 Å². The van der Waals surface area contributed by atoms with E-state index in [1.165, 1.54) is 15.5 Å². The smallest absolute Gasteiger partial charge is 0.0778 e. The van der Waals surface area contributed by atoms with Crippen LogP contribution in [0.4, 0.5) is 11.4 Å². The van der Waals surface area contributed by atoms with Crippen molar-refractivity contribution in [1.82, 2.24) is 5.32 Å². The van der Waals surface area contributed by atoms with E-state index in [2.05, 4.69) is 60.7 Å². The van der Waals surface area contributed by atoms with Crippen LogP contribution >= 0.6 is 11.8 Å². The molecule has 0 saturated heterocycles. The average Bonchev–Trinajstić information content (AvgIpc) is 2.43. The number of thioether (sulfide) groups is 1. The molecule has 0 amide bonds. The predicted molar refractivity (Wildman–Crippen MR) is 83.8 cm³/mol. The third-order valence-electron chi connectivity index (χ3n) is 3.30. The molecule has 1 atom stereocenters. The molecule has 1 heterocycles. The first kappa shape index (κ1) is 12.5. The van der Waals surface area contributed by atoms with Crippen LogP contribution in [0.25, 0.3) is 0 Å². The van der Waals surface area contributed by atoms with Crippen molar-refractivity contribution in [2.75, 3.05) is 26.0 Å². The fraction of sp³-hybridized carbons (Fsp3) is 0.267. The van der Waals surface area contributed by atoms with Crippen LogP contribution in [0.1, 0.15) is 0 Å². The number of hydrogen-bond acceptors (Lipinski definition) is 4. The summed E-state index contributed by atoms with van der Waals surface area (Å²) >= 11 is 1.80. The summed E-state index contributed by atoms with van der Waals surface area (Å²) in [6.45, 7) is 0. The third-order valence-corrected chi connectivity index (χ3v) is 4.41. The number of fused-ring (bicyclic) bond motifs is 2. The lowest BCUT2D eigenvalue weighted by Crippen LogP contribution is -2.24. The van der Waals surface area contributed by atoms with Gasteiger partial charge in [-0.05, 0) is 37.4 Å². The van der Waals surface area contributed by atoms with Gasteiger partial charge in [-0.3, -0.25) is 0 Å². The van der Waals surface area contributed by atoms with Crippen molar-refractivity contribution in [2.45, 2.75) is 10.9 Å². The lowest BCUT2D eigenvalue weighted by molar-refractivity contribution is 0.788. The van der Waals surface area contributed by atoms with Crippen molar-refractivity contribution in [3.05, 3.63) is 41.3 Å². The molecular weight excluding hydrogens is 254 g/mol. The van der Waals surface area contributed by atoms with E-state index in [1.54, 1.807) is 11.8 Å². The largest absolute Gasteiger partial charge is 0.378 e. The number of aliphatic imine (C=N–C) groups is 1. The van der Waals surface area contributed by atoms with Crippen molar-refractivity contribution in [1.29, 1.82) is 0 Å². The predicted octanol–water partition coefficient (Wildman–Crippen LogP) is 2.97. The highest BCUT2D eigenvalue weighted by Gasteiger charge is 2.20. The quantitative estimate of drug-likeness (QED) is 0.896. The van der Waals surface area contributed by atoms with E-state index in [9.17, 15) is 0 Å². The van der Waals surface area contributed by atoms with Gasteiger partial charge in [0.05, 0.1) is 11.4 Å². The second kappa shape index (κ2) is 4.87. The summed E-state index contributed by atoms with van der Waals surface area (Å²) < 4.78 is 0. The summed E-state index contributed by atoms with van der Waals surface area (Å²) in [5.41, 5.74) is 3.35. The molecule has 3 rings (SSSR count). The minimum Gasteiger partial charge on any atom is -0.378 e. The number of hydrogen-bond donors (Lipinski definition) is 1. The Morgan fingerprint density at radius 3 is 2.89 bits per heavy atom. The molecule has 2 aliphatic rings. The van der Waals surface area contributed by atoms with Gasteiger partial charge in [-0.25, -0.2) is 4.99 Å². The Morgan fingerprint density at radius 2 is 2.16 bits per heavy atom.